The van der Waals surface area contributed by atoms with Gasteiger partial charge in [0.25, 0.3) is 0 Å². The summed E-state index contributed by atoms with van der Waals surface area (Å²) in [4.78, 5) is 0. The SMILES string of the molecule is C=CCO[C@@H]1[C@@H](O)[C@H](O[C@H]2[C@H](O)[C@@H](O)[C@@H](OCc3ccccc3)O[C@@H]2CO)O[C@@H]2CO[C@H](c3ccccc3)O[C@H]12. The first kappa shape index (κ1) is 29.2. The Kier molecular flexibility index (Phi) is 9.94. The number of hydrogen-bond donors (Lipinski definition) is 4. The Hall–Kier alpha value is -2.26. The minimum atomic E-state index is -1.52. The van der Waals surface area contributed by atoms with Crippen LogP contribution in [0, 0.1) is 0 Å². The molecule has 11 nitrogen and oxygen atoms in total. The van der Waals surface area contributed by atoms with Crippen molar-refractivity contribution in [3.8, 4) is 0 Å². The van der Waals surface area contributed by atoms with Crippen LogP contribution in [0.15, 0.2) is 73.3 Å². The second-order valence-electron chi connectivity index (χ2n) is 9.90. The molecule has 0 spiro atoms. The van der Waals surface area contributed by atoms with Crippen LogP contribution >= 0.6 is 0 Å². The van der Waals surface area contributed by atoms with Gasteiger partial charge in [0.15, 0.2) is 18.9 Å². The zero-order chi connectivity index (χ0) is 28.1. The van der Waals surface area contributed by atoms with Crippen LogP contribution in [0.5, 0.6) is 0 Å². The topological polar surface area (TPSA) is 146 Å². The van der Waals surface area contributed by atoms with Crippen LogP contribution < -0.4 is 0 Å². The van der Waals surface area contributed by atoms with Gasteiger partial charge in [-0.3, -0.25) is 0 Å². The summed E-state index contributed by atoms with van der Waals surface area (Å²) < 4.78 is 41.4. The maximum absolute atomic E-state index is 11.3. The summed E-state index contributed by atoms with van der Waals surface area (Å²) >= 11 is 0. The second-order valence-corrected chi connectivity index (χ2v) is 9.90. The lowest BCUT2D eigenvalue weighted by Crippen LogP contribution is -2.66. The molecule has 4 N–H and O–H groups in total. The highest BCUT2D eigenvalue weighted by molar-refractivity contribution is 5.17. The van der Waals surface area contributed by atoms with Crippen LogP contribution in [0.4, 0.5) is 0 Å². The summed E-state index contributed by atoms with van der Waals surface area (Å²) in [6, 6.07) is 18.6. The summed E-state index contributed by atoms with van der Waals surface area (Å²) in [6.45, 7) is 3.51. The third kappa shape index (κ3) is 6.46. The van der Waals surface area contributed by atoms with Crippen LogP contribution in [0.25, 0.3) is 0 Å². The molecule has 11 heteroatoms. The van der Waals surface area contributed by atoms with E-state index in [0.29, 0.717) is 0 Å². The number of fused-ring (bicyclic) bond motifs is 1. The number of hydrogen-bond acceptors (Lipinski definition) is 11. The first-order valence-electron chi connectivity index (χ1n) is 13.3. The molecule has 0 amide bonds. The van der Waals surface area contributed by atoms with E-state index in [-0.39, 0.29) is 19.8 Å². The van der Waals surface area contributed by atoms with E-state index in [9.17, 15) is 20.4 Å². The van der Waals surface area contributed by atoms with Gasteiger partial charge in [0.1, 0.15) is 48.8 Å². The van der Waals surface area contributed by atoms with Crippen LogP contribution in [-0.2, 0) is 39.8 Å². The molecule has 3 fully saturated rings. The van der Waals surface area contributed by atoms with Gasteiger partial charge in [-0.15, -0.1) is 6.58 Å². The highest BCUT2D eigenvalue weighted by Crippen LogP contribution is 2.37. The molecule has 0 saturated carbocycles. The lowest BCUT2D eigenvalue weighted by Gasteiger charge is -2.49. The van der Waals surface area contributed by atoms with E-state index in [4.69, 9.17) is 33.2 Å². The fraction of sp³-hybridized carbons (Fsp3) is 0.517. The molecule has 0 unspecified atom stereocenters. The number of aliphatic hydroxyl groups excluding tert-OH is 4. The first-order valence-corrected chi connectivity index (χ1v) is 13.3. The molecule has 218 valence electrons. The minimum Gasteiger partial charge on any atom is -0.394 e. The van der Waals surface area contributed by atoms with E-state index in [1.807, 2.05) is 60.7 Å². The van der Waals surface area contributed by atoms with Crippen molar-refractivity contribution in [2.45, 2.75) is 74.3 Å². The zero-order valence-corrected chi connectivity index (χ0v) is 21.9. The van der Waals surface area contributed by atoms with E-state index in [2.05, 4.69) is 6.58 Å². The van der Waals surface area contributed by atoms with Gasteiger partial charge in [0.2, 0.25) is 0 Å². The molecule has 5 rings (SSSR count). The smallest absolute Gasteiger partial charge is 0.187 e. The molecular formula is C29H36O11. The zero-order valence-electron chi connectivity index (χ0n) is 21.9. The third-order valence-electron chi connectivity index (χ3n) is 7.15. The summed E-state index contributed by atoms with van der Waals surface area (Å²) in [5, 5.41) is 43.0. The molecular weight excluding hydrogens is 524 g/mol. The molecule has 11 atom stereocenters. The molecule has 2 aromatic carbocycles. The Balaban J connectivity index is 1.27. The molecule has 0 radical (unpaired) electrons. The van der Waals surface area contributed by atoms with Crippen molar-refractivity contribution in [2.24, 2.45) is 0 Å². The summed E-state index contributed by atoms with van der Waals surface area (Å²) in [5.41, 5.74) is 1.65. The minimum absolute atomic E-state index is 0.121. The van der Waals surface area contributed by atoms with Gasteiger partial charge in [-0.1, -0.05) is 66.7 Å². The van der Waals surface area contributed by atoms with Gasteiger partial charge in [0.05, 0.1) is 26.4 Å². The fourth-order valence-electron chi connectivity index (χ4n) is 5.09. The average Bonchev–Trinajstić information content (AvgIpc) is 2.99. The number of ether oxygens (including phenoxy) is 7. The number of aliphatic hydroxyl groups is 4. The van der Waals surface area contributed by atoms with Crippen molar-refractivity contribution in [1.82, 2.24) is 0 Å². The third-order valence-corrected chi connectivity index (χ3v) is 7.15. The molecule has 0 aliphatic carbocycles. The summed E-state index contributed by atoms with van der Waals surface area (Å²) in [7, 11) is 0. The number of benzene rings is 2. The maximum Gasteiger partial charge on any atom is 0.187 e. The fourth-order valence-corrected chi connectivity index (χ4v) is 5.09. The average molecular weight is 561 g/mol. The van der Waals surface area contributed by atoms with Gasteiger partial charge in [-0.25, -0.2) is 0 Å². The monoisotopic (exact) mass is 560 g/mol. The van der Waals surface area contributed by atoms with E-state index in [1.165, 1.54) is 0 Å². The van der Waals surface area contributed by atoms with Crippen molar-refractivity contribution in [1.29, 1.82) is 0 Å². The van der Waals surface area contributed by atoms with Gasteiger partial charge < -0.3 is 53.6 Å². The number of rotatable bonds is 10. The lowest BCUT2D eigenvalue weighted by molar-refractivity contribution is -0.388. The Bertz CT molecular complexity index is 1050. The summed E-state index contributed by atoms with van der Waals surface area (Å²) in [6.07, 6.45) is -10.6. The molecule has 3 saturated heterocycles. The largest absolute Gasteiger partial charge is 0.394 e. The molecule has 0 aromatic heterocycles. The molecule has 3 aliphatic heterocycles. The Morgan fingerprint density at radius 2 is 1.55 bits per heavy atom. The van der Waals surface area contributed by atoms with E-state index in [1.54, 1.807) is 6.08 Å². The van der Waals surface area contributed by atoms with Gasteiger partial charge in [-0.05, 0) is 5.56 Å². The van der Waals surface area contributed by atoms with Gasteiger partial charge in [0, 0.05) is 5.56 Å². The summed E-state index contributed by atoms with van der Waals surface area (Å²) in [5.74, 6) is 0. The molecule has 3 heterocycles. The highest BCUT2D eigenvalue weighted by Gasteiger charge is 2.53. The van der Waals surface area contributed by atoms with Crippen molar-refractivity contribution >= 4 is 0 Å². The maximum atomic E-state index is 11.3. The second kappa shape index (κ2) is 13.6. The van der Waals surface area contributed by atoms with E-state index < -0.39 is 74.3 Å². The predicted molar refractivity (Wildman–Crippen MR) is 138 cm³/mol. The molecule has 40 heavy (non-hydrogen) atoms. The van der Waals surface area contributed by atoms with Crippen molar-refractivity contribution in [2.75, 3.05) is 19.8 Å². The van der Waals surface area contributed by atoms with E-state index in [0.717, 1.165) is 11.1 Å². The Labute approximate surface area is 232 Å². The normalized spacial score (nSPS) is 38.0. The van der Waals surface area contributed by atoms with Crippen molar-refractivity contribution in [3.05, 3.63) is 84.4 Å². The highest BCUT2D eigenvalue weighted by atomic mass is 16.8. The Morgan fingerprint density at radius 1 is 0.825 bits per heavy atom. The standard InChI is InChI=1S/C29H36O11/c1-2-13-34-26-23(33)29(38-20-16-36-27(40-25(20)26)18-11-7-4-8-12-18)39-24-19(14-30)37-28(22(32)21(24)31)35-15-17-9-5-3-6-10-17/h2-12,19-33H,1,13-16H2/t19-,20-,21-,22-,23-,24-,25+,26-,27+,28+,29+/m1/s1. The lowest BCUT2D eigenvalue weighted by atomic mass is 9.96. The van der Waals surface area contributed by atoms with Gasteiger partial charge >= 0.3 is 0 Å². The van der Waals surface area contributed by atoms with Crippen molar-refractivity contribution < 1.29 is 53.6 Å². The van der Waals surface area contributed by atoms with Crippen LogP contribution in [0.1, 0.15) is 17.4 Å². The predicted octanol–water partition coefficient (Wildman–Crippen LogP) is 0.799. The molecule has 2 aromatic rings. The quantitative estimate of drug-likeness (QED) is 0.306. The van der Waals surface area contributed by atoms with Crippen molar-refractivity contribution in [3.63, 3.8) is 0 Å². The molecule has 0 bridgehead atoms. The van der Waals surface area contributed by atoms with Crippen LogP contribution in [0.2, 0.25) is 0 Å². The molecule has 3 aliphatic rings. The van der Waals surface area contributed by atoms with E-state index >= 15 is 0 Å². The van der Waals surface area contributed by atoms with Crippen LogP contribution in [0.3, 0.4) is 0 Å². The van der Waals surface area contributed by atoms with Crippen LogP contribution in [-0.4, -0.2) is 102 Å². The first-order chi connectivity index (χ1) is 19.5. The van der Waals surface area contributed by atoms with Gasteiger partial charge in [-0.2, -0.15) is 0 Å². The Morgan fingerprint density at radius 3 is 2.25 bits per heavy atom.